The molecule has 0 spiro atoms. The molecule has 0 atom stereocenters. The number of anilines is 1. The second-order valence-corrected chi connectivity index (χ2v) is 4.97. The maximum absolute atomic E-state index is 13.0. The Morgan fingerprint density at radius 2 is 1.95 bits per heavy atom. The van der Waals surface area contributed by atoms with E-state index in [2.05, 4.69) is 10.6 Å². The summed E-state index contributed by atoms with van der Waals surface area (Å²) in [5.41, 5.74) is 1.56. The van der Waals surface area contributed by atoms with Crippen molar-refractivity contribution in [1.82, 2.24) is 5.32 Å². The fourth-order valence-corrected chi connectivity index (χ4v) is 2.07. The van der Waals surface area contributed by atoms with Crippen molar-refractivity contribution in [2.24, 2.45) is 0 Å². The molecule has 2 aromatic rings. The SMILES string of the molecule is O=[N+]([O-])c1ccc(NC(=S)NCCc2cccc(F)c2)cc1. The van der Waals surface area contributed by atoms with Crippen molar-refractivity contribution in [1.29, 1.82) is 0 Å². The average Bonchev–Trinajstić information content (AvgIpc) is 2.48. The molecule has 0 saturated heterocycles. The van der Waals surface area contributed by atoms with E-state index >= 15 is 0 Å². The van der Waals surface area contributed by atoms with Gasteiger partial charge in [0.1, 0.15) is 5.82 Å². The fraction of sp³-hybridized carbons (Fsp3) is 0.133. The highest BCUT2D eigenvalue weighted by Gasteiger charge is 2.04. The lowest BCUT2D eigenvalue weighted by atomic mass is 10.1. The highest BCUT2D eigenvalue weighted by atomic mass is 32.1. The molecular weight excluding hydrogens is 305 g/mol. The molecule has 0 unspecified atom stereocenters. The van der Waals surface area contributed by atoms with Gasteiger partial charge in [-0.3, -0.25) is 10.1 Å². The Kier molecular flexibility index (Phi) is 5.37. The topological polar surface area (TPSA) is 67.2 Å². The highest BCUT2D eigenvalue weighted by Crippen LogP contribution is 2.15. The quantitative estimate of drug-likeness (QED) is 0.503. The first-order valence-electron chi connectivity index (χ1n) is 6.58. The van der Waals surface area contributed by atoms with Crippen LogP contribution in [0.3, 0.4) is 0 Å². The summed E-state index contributed by atoms with van der Waals surface area (Å²) in [6.45, 7) is 0.558. The Morgan fingerprint density at radius 1 is 1.23 bits per heavy atom. The third-order valence-corrected chi connectivity index (χ3v) is 3.17. The Morgan fingerprint density at radius 3 is 2.59 bits per heavy atom. The zero-order valence-electron chi connectivity index (χ0n) is 11.6. The van der Waals surface area contributed by atoms with Gasteiger partial charge in [0, 0.05) is 24.4 Å². The van der Waals surface area contributed by atoms with Gasteiger partial charge in [-0.25, -0.2) is 4.39 Å². The predicted molar refractivity (Wildman–Crippen MR) is 87.4 cm³/mol. The van der Waals surface area contributed by atoms with Crippen LogP contribution < -0.4 is 10.6 Å². The van der Waals surface area contributed by atoms with Crippen molar-refractivity contribution in [2.45, 2.75) is 6.42 Å². The summed E-state index contributed by atoms with van der Waals surface area (Å²) < 4.78 is 13.0. The van der Waals surface area contributed by atoms with Gasteiger partial charge in [0.15, 0.2) is 5.11 Å². The van der Waals surface area contributed by atoms with Crippen molar-refractivity contribution in [3.8, 4) is 0 Å². The third kappa shape index (κ3) is 4.78. The number of benzene rings is 2. The molecule has 0 bridgehead atoms. The maximum Gasteiger partial charge on any atom is 0.269 e. The third-order valence-electron chi connectivity index (χ3n) is 2.92. The molecule has 0 aliphatic rings. The van der Waals surface area contributed by atoms with E-state index in [4.69, 9.17) is 12.2 Å². The molecule has 0 saturated carbocycles. The van der Waals surface area contributed by atoms with Crippen molar-refractivity contribution >= 4 is 28.7 Å². The standard InChI is InChI=1S/C15H14FN3O2S/c16-12-3-1-2-11(10-12)8-9-17-15(22)18-13-4-6-14(7-5-13)19(20)21/h1-7,10H,8-9H2,(H2,17,18,22). The number of halogens is 1. The normalized spacial score (nSPS) is 10.0. The highest BCUT2D eigenvalue weighted by molar-refractivity contribution is 7.80. The molecule has 7 heteroatoms. The van der Waals surface area contributed by atoms with Gasteiger partial charge >= 0.3 is 0 Å². The Hall–Kier alpha value is -2.54. The van der Waals surface area contributed by atoms with Gasteiger partial charge < -0.3 is 10.6 Å². The minimum Gasteiger partial charge on any atom is -0.362 e. The first-order chi connectivity index (χ1) is 10.5. The van der Waals surface area contributed by atoms with Crippen LogP contribution in [0.15, 0.2) is 48.5 Å². The van der Waals surface area contributed by atoms with E-state index in [9.17, 15) is 14.5 Å². The number of rotatable bonds is 5. The molecule has 5 nitrogen and oxygen atoms in total. The number of non-ortho nitro benzene ring substituents is 1. The molecule has 0 aliphatic heterocycles. The summed E-state index contributed by atoms with van der Waals surface area (Å²) in [6, 6.07) is 12.4. The van der Waals surface area contributed by atoms with Gasteiger partial charge in [-0.2, -0.15) is 0 Å². The fourth-order valence-electron chi connectivity index (χ4n) is 1.85. The molecule has 0 aromatic heterocycles. The number of hydrogen-bond acceptors (Lipinski definition) is 3. The lowest BCUT2D eigenvalue weighted by Crippen LogP contribution is -2.30. The smallest absolute Gasteiger partial charge is 0.269 e. The van der Waals surface area contributed by atoms with Crippen molar-refractivity contribution < 1.29 is 9.31 Å². The molecule has 2 N–H and O–H groups in total. The monoisotopic (exact) mass is 319 g/mol. The summed E-state index contributed by atoms with van der Waals surface area (Å²) in [6.07, 6.45) is 0.639. The Labute approximate surface area is 132 Å². The summed E-state index contributed by atoms with van der Waals surface area (Å²) in [5, 5.41) is 16.9. The van der Waals surface area contributed by atoms with Crippen molar-refractivity contribution in [3.63, 3.8) is 0 Å². The van der Waals surface area contributed by atoms with Crippen LogP contribution in [-0.4, -0.2) is 16.6 Å². The second kappa shape index (κ2) is 7.46. The second-order valence-electron chi connectivity index (χ2n) is 4.56. The van der Waals surface area contributed by atoms with Crippen molar-refractivity contribution in [3.05, 3.63) is 70.0 Å². The van der Waals surface area contributed by atoms with Gasteiger partial charge in [0.05, 0.1) is 4.92 Å². The number of nitro groups is 1. The van der Waals surface area contributed by atoms with Gasteiger partial charge in [0.25, 0.3) is 5.69 Å². The number of nitro benzene ring substituents is 1. The molecule has 0 amide bonds. The van der Waals surface area contributed by atoms with E-state index in [1.807, 2.05) is 6.07 Å². The molecular formula is C15H14FN3O2S. The largest absolute Gasteiger partial charge is 0.362 e. The van der Waals surface area contributed by atoms with E-state index in [0.29, 0.717) is 23.8 Å². The van der Waals surface area contributed by atoms with E-state index < -0.39 is 4.92 Å². The summed E-state index contributed by atoms with van der Waals surface area (Å²) >= 11 is 5.13. The van der Waals surface area contributed by atoms with Crippen molar-refractivity contribution in [2.75, 3.05) is 11.9 Å². The van der Waals surface area contributed by atoms with Crippen LogP contribution in [0, 0.1) is 15.9 Å². The Balaban J connectivity index is 1.79. The number of nitrogens with one attached hydrogen (secondary N) is 2. The molecule has 22 heavy (non-hydrogen) atoms. The van der Waals surface area contributed by atoms with Crippen LogP contribution in [0.1, 0.15) is 5.56 Å². The van der Waals surface area contributed by atoms with Crippen LogP contribution >= 0.6 is 12.2 Å². The predicted octanol–water partition coefficient (Wildman–Crippen LogP) is 3.26. The minimum atomic E-state index is -0.459. The lowest BCUT2D eigenvalue weighted by Gasteiger charge is -2.10. The van der Waals surface area contributed by atoms with Gasteiger partial charge in [-0.15, -0.1) is 0 Å². The Bertz CT molecular complexity index is 677. The van der Waals surface area contributed by atoms with Gasteiger partial charge in [-0.05, 0) is 48.5 Å². The van der Waals surface area contributed by atoms with Crippen LogP contribution in [0.4, 0.5) is 15.8 Å². The summed E-state index contributed by atoms with van der Waals surface area (Å²) in [4.78, 5) is 10.1. The summed E-state index contributed by atoms with van der Waals surface area (Å²) in [5.74, 6) is -0.260. The number of hydrogen-bond donors (Lipinski definition) is 2. The van der Waals surface area contributed by atoms with Gasteiger partial charge in [-0.1, -0.05) is 12.1 Å². The summed E-state index contributed by atoms with van der Waals surface area (Å²) in [7, 11) is 0. The van der Waals surface area contributed by atoms with Crippen LogP contribution in [-0.2, 0) is 6.42 Å². The zero-order valence-corrected chi connectivity index (χ0v) is 12.4. The molecule has 0 aliphatic carbocycles. The van der Waals surface area contributed by atoms with Gasteiger partial charge in [0.2, 0.25) is 0 Å². The van der Waals surface area contributed by atoms with E-state index in [-0.39, 0.29) is 11.5 Å². The average molecular weight is 319 g/mol. The molecule has 0 radical (unpaired) electrons. The maximum atomic E-state index is 13.0. The first kappa shape index (κ1) is 15.8. The molecule has 0 fully saturated rings. The van der Waals surface area contributed by atoms with Crippen LogP contribution in [0.5, 0.6) is 0 Å². The molecule has 0 heterocycles. The van der Waals surface area contributed by atoms with E-state index in [1.54, 1.807) is 18.2 Å². The molecule has 2 rings (SSSR count). The number of nitrogens with zero attached hydrogens (tertiary/aromatic N) is 1. The van der Waals surface area contributed by atoms with E-state index in [0.717, 1.165) is 5.56 Å². The molecule has 114 valence electrons. The molecule has 2 aromatic carbocycles. The number of thiocarbonyl (C=S) groups is 1. The lowest BCUT2D eigenvalue weighted by molar-refractivity contribution is -0.384. The van der Waals surface area contributed by atoms with Crippen LogP contribution in [0.25, 0.3) is 0 Å². The first-order valence-corrected chi connectivity index (χ1v) is 6.99. The van der Waals surface area contributed by atoms with E-state index in [1.165, 1.54) is 24.3 Å². The minimum absolute atomic E-state index is 0.0236. The zero-order chi connectivity index (χ0) is 15.9. The van der Waals surface area contributed by atoms with Crippen LogP contribution in [0.2, 0.25) is 0 Å².